The Labute approximate surface area is 134 Å². The van der Waals surface area contributed by atoms with E-state index in [4.69, 9.17) is 19.9 Å². The molecule has 2 aromatic rings. The molecular formula is C17H19NO5. The van der Waals surface area contributed by atoms with Gasteiger partial charge in [0.2, 0.25) is 5.60 Å². The summed E-state index contributed by atoms with van der Waals surface area (Å²) in [5.74, 6) is 0.0697. The lowest BCUT2D eigenvalue weighted by Crippen LogP contribution is -2.48. The summed E-state index contributed by atoms with van der Waals surface area (Å²) >= 11 is 0. The van der Waals surface area contributed by atoms with Gasteiger partial charge in [0.05, 0.1) is 19.8 Å². The van der Waals surface area contributed by atoms with Crippen LogP contribution in [0.4, 0.5) is 0 Å². The van der Waals surface area contributed by atoms with Crippen LogP contribution in [0.1, 0.15) is 5.56 Å². The van der Waals surface area contributed by atoms with Crippen molar-refractivity contribution in [1.29, 1.82) is 0 Å². The van der Waals surface area contributed by atoms with Gasteiger partial charge in [-0.25, -0.2) is 4.79 Å². The van der Waals surface area contributed by atoms with Gasteiger partial charge in [-0.3, -0.25) is 0 Å². The van der Waals surface area contributed by atoms with Crippen molar-refractivity contribution in [3.63, 3.8) is 0 Å². The van der Waals surface area contributed by atoms with Gasteiger partial charge < -0.3 is 25.1 Å². The Morgan fingerprint density at radius 1 is 1.09 bits per heavy atom. The first-order chi connectivity index (χ1) is 11.1. The molecule has 6 nitrogen and oxygen atoms in total. The fourth-order valence-corrected chi connectivity index (χ4v) is 2.27. The number of benzene rings is 2. The van der Waals surface area contributed by atoms with Crippen molar-refractivity contribution in [2.45, 2.75) is 5.60 Å². The first-order valence-corrected chi connectivity index (χ1v) is 6.97. The first kappa shape index (κ1) is 16.6. The summed E-state index contributed by atoms with van der Waals surface area (Å²) < 4.78 is 16.2. The summed E-state index contributed by atoms with van der Waals surface area (Å²) in [4.78, 5) is 12.0. The second kappa shape index (κ2) is 7.02. The lowest BCUT2D eigenvalue weighted by molar-refractivity contribution is -0.155. The molecule has 0 heterocycles. The monoisotopic (exact) mass is 317 g/mol. The summed E-state index contributed by atoms with van der Waals surface area (Å²) in [6, 6.07) is 13.5. The number of para-hydroxylation sites is 1. The zero-order chi connectivity index (χ0) is 16.9. The topological polar surface area (TPSA) is 91.0 Å². The minimum Gasteiger partial charge on any atom is -0.497 e. The van der Waals surface area contributed by atoms with Crippen molar-refractivity contribution in [3.8, 4) is 17.2 Å². The summed E-state index contributed by atoms with van der Waals surface area (Å²) in [6.45, 7) is -0.264. The zero-order valence-electron chi connectivity index (χ0n) is 13.0. The molecule has 1 atom stereocenters. The number of hydrogen-bond acceptors (Lipinski definition) is 5. The average molecular weight is 317 g/mol. The van der Waals surface area contributed by atoms with Gasteiger partial charge in [0, 0.05) is 12.6 Å². The number of hydrogen-bond donors (Lipinski definition) is 2. The van der Waals surface area contributed by atoms with Crippen LogP contribution in [0.5, 0.6) is 17.2 Å². The first-order valence-electron chi connectivity index (χ1n) is 6.97. The molecule has 3 N–H and O–H groups in total. The van der Waals surface area contributed by atoms with Gasteiger partial charge in [-0.05, 0) is 24.3 Å². The molecule has 2 aromatic carbocycles. The number of carboxylic acids is 1. The highest BCUT2D eigenvalue weighted by atomic mass is 16.5. The fraction of sp³-hybridized carbons (Fsp3) is 0.235. The normalized spacial score (nSPS) is 13.0. The Kier molecular flexibility index (Phi) is 5.08. The summed E-state index contributed by atoms with van der Waals surface area (Å²) in [7, 11) is 2.96. The quantitative estimate of drug-likeness (QED) is 0.812. The molecule has 0 saturated heterocycles. The molecule has 0 aliphatic carbocycles. The van der Waals surface area contributed by atoms with E-state index in [9.17, 15) is 9.90 Å². The predicted octanol–water partition coefficient (Wildman–Crippen LogP) is 2.02. The Balaban J connectivity index is 2.56. The van der Waals surface area contributed by atoms with Crippen molar-refractivity contribution in [2.24, 2.45) is 5.73 Å². The predicted molar refractivity (Wildman–Crippen MR) is 85.0 cm³/mol. The molecule has 0 radical (unpaired) electrons. The number of carbonyl (C=O) groups is 1. The molecule has 0 aliphatic heterocycles. The smallest absolute Gasteiger partial charge is 0.354 e. The Bertz CT molecular complexity index is 674. The summed E-state index contributed by atoms with van der Waals surface area (Å²) in [6.07, 6.45) is 0. The lowest BCUT2D eigenvalue weighted by Gasteiger charge is -2.30. The minimum absolute atomic E-state index is 0.264. The van der Waals surface area contributed by atoms with E-state index in [0.717, 1.165) is 0 Å². The van der Waals surface area contributed by atoms with Crippen LogP contribution in [0.2, 0.25) is 0 Å². The molecule has 1 unspecified atom stereocenters. The third kappa shape index (κ3) is 3.22. The van der Waals surface area contributed by atoms with Crippen LogP contribution < -0.4 is 19.9 Å². The SMILES string of the molecule is COc1ccc(C(CN)(Oc2ccccc2)C(=O)O)c(OC)c1. The fourth-order valence-electron chi connectivity index (χ4n) is 2.27. The largest absolute Gasteiger partial charge is 0.497 e. The highest BCUT2D eigenvalue weighted by Crippen LogP contribution is 2.36. The molecule has 6 heteroatoms. The average Bonchev–Trinajstić information content (AvgIpc) is 2.59. The van der Waals surface area contributed by atoms with E-state index >= 15 is 0 Å². The summed E-state index contributed by atoms with van der Waals surface area (Å²) in [5, 5.41) is 9.79. The van der Waals surface area contributed by atoms with Gasteiger partial charge in [0.1, 0.15) is 17.2 Å². The van der Waals surface area contributed by atoms with E-state index in [0.29, 0.717) is 22.8 Å². The van der Waals surface area contributed by atoms with Gasteiger partial charge in [0.15, 0.2) is 0 Å². The van der Waals surface area contributed by atoms with E-state index in [1.165, 1.54) is 14.2 Å². The lowest BCUT2D eigenvalue weighted by atomic mass is 9.92. The van der Waals surface area contributed by atoms with E-state index in [1.54, 1.807) is 42.5 Å². The molecule has 0 aromatic heterocycles. The van der Waals surface area contributed by atoms with E-state index in [-0.39, 0.29) is 6.54 Å². The number of rotatable bonds is 7. The van der Waals surface area contributed by atoms with Gasteiger partial charge >= 0.3 is 5.97 Å². The molecule has 0 saturated carbocycles. The number of nitrogens with two attached hydrogens (primary N) is 1. The minimum atomic E-state index is -1.76. The third-order valence-corrected chi connectivity index (χ3v) is 3.51. The molecule has 0 spiro atoms. The van der Waals surface area contributed by atoms with Crippen LogP contribution in [0.25, 0.3) is 0 Å². The second-order valence-electron chi connectivity index (χ2n) is 4.82. The number of carboxylic acid groups (broad SMARTS) is 1. The van der Waals surface area contributed by atoms with Crippen molar-refractivity contribution in [2.75, 3.05) is 20.8 Å². The van der Waals surface area contributed by atoms with Crippen LogP contribution in [0, 0.1) is 0 Å². The van der Waals surface area contributed by atoms with Crippen LogP contribution in [-0.2, 0) is 10.4 Å². The van der Waals surface area contributed by atoms with Crippen LogP contribution in [-0.4, -0.2) is 31.8 Å². The highest BCUT2D eigenvalue weighted by Gasteiger charge is 2.44. The number of methoxy groups -OCH3 is 2. The number of aliphatic carboxylic acids is 1. The Morgan fingerprint density at radius 3 is 2.30 bits per heavy atom. The van der Waals surface area contributed by atoms with Crippen molar-refractivity contribution in [1.82, 2.24) is 0 Å². The van der Waals surface area contributed by atoms with Gasteiger partial charge in [-0.15, -0.1) is 0 Å². The van der Waals surface area contributed by atoms with Gasteiger partial charge in [0.25, 0.3) is 0 Å². The number of ether oxygens (including phenoxy) is 3. The van der Waals surface area contributed by atoms with E-state index in [1.807, 2.05) is 6.07 Å². The Hall–Kier alpha value is -2.73. The molecular weight excluding hydrogens is 298 g/mol. The molecule has 0 fully saturated rings. The molecule has 122 valence electrons. The van der Waals surface area contributed by atoms with E-state index < -0.39 is 11.6 Å². The second-order valence-corrected chi connectivity index (χ2v) is 4.82. The van der Waals surface area contributed by atoms with Crippen LogP contribution >= 0.6 is 0 Å². The highest BCUT2D eigenvalue weighted by molar-refractivity contribution is 5.81. The van der Waals surface area contributed by atoms with Crippen molar-refractivity contribution >= 4 is 5.97 Å². The molecule has 0 aliphatic rings. The maximum absolute atomic E-state index is 12.0. The Morgan fingerprint density at radius 2 is 1.78 bits per heavy atom. The van der Waals surface area contributed by atoms with Crippen LogP contribution in [0.3, 0.4) is 0 Å². The van der Waals surface area contributed by atoms with Crippen molar-refractivity contribution < 1.29 is 24.1 Å². The molecule has 2 rings (SSSR count). The van der Waals surface area contributed by atoms with Crippen LogP contribution in [0.15, 0.2) is 48.5 Å². The molecule has 23 heavy (non-hydrogen) atoms. The molecule has 0 amide bonds. The van der Waals surface area contributed by atoms with Gasteiger partial charge in [-0.1, -0.05) is 18.2 Å². The standard InChI is InChI=1S/C17H19NO5/c1-21-13-8-9-14(15(10-13)22-2)17(11-18,16(19)20)23-12-6-4-3-5-7-12/h3-10H,11,18H2,1-2H3,(H,19,20). The van der Waals surface area contributed by atoms with E-state index in [2.05, 4.69) is 0 Å². The maximum Gasteiger partial charge on any atom is 0.354 e. The molecule has 0 bridgehead atoms. The van der Waals surface area contributed by atoms with Gasteiger partial charge in [-0.2, -0.15) is 0 Å². The zero-order valence-corrected chi connectivity index (χ0v) is 13.0. The third-order valence-electron chi connectivity index (χ3n) is 3.51. The summed E-state index contributed by atoms with van der Waals surface area (Å²) in [5.41, 5.74) is 4.34. The van der Waals surface area contributed by atoms with Crippen molar-refractivity contribution in [3.05, 3.63) is 54.1 Å². The maximum atomic E-state index is 12.0.